The minimum absolute atomic E-state index is 0.133. The number of imidazole rings is 1. The van der Waals surface area contributed by atoms with Crippen LogP contribution in [-0.4, -0.2) is 25.9 Å². The van der Waals surface area contributed by atoms with E-state index in [9.17, 15) is 13.9 Å². The highest BCUT2D eigenvalue weighted by atomic mass is 79.9. The van der Waals surface area contributed by atoms with Crippen molar-refractivity contribution < 1.29 is 13.9 Å². The van der Waals surface area contributed by atoms with Gasteiger partial charge in [0.1, 0.15) is 10.2 Å². The van der Waals surface area contributed by atoms with Crippen molar-refractivity contribution in [2.45, 2.75) is 25.9 Å². The van der Waals surface area contributed by atoms with E-state index < -0.39 is 12.0 Å². The van der Waals surface area contributed by atoms with E-state index in [2.05, 4.69) is 25.9 Å². The third kappa shape index (κ3) is 2.65. The Balaban J connectivity index is 2.24. The number of nitrogen functional groups attached to an aromatic ring is 1. The zero-order valence-corrected chi connectivity index (χ0v) is 14.6. The summed E-state index contributed by atoms with van der Waals surface area (Å²) in [6, 6.07) is 4.75. The molecule has 126 valence electrons. The van der Waals surface area contributed by atoms with E-state index in [1.54, 1.807) is 28.9 Å². The summed E-state index contributed by atoms with van der Waals surface area (Å²) in [5, 5.41) is 10.1. The van der Waals surface area contributed by atoms with Gasteiger partial charge in [0.2, 0.25) is 0 Å². The van der Waals surface area contributed by atoms with Gasteiger partial charge in [0, 0.05) is 11.8 Å². The van der Waals surface area contributed by atoms with E-state index in [4.69, 9.17) is 5.73 Å². The molecule has 0 radical (unpaired) electrons. The number of alkyl halides is 2. The number of halogens is 3. The summed E-state index contributed by atoms with van der Waals surface area (Å²) in [6.45, 7) is 2.95. The van der Waals surface area contributed by atoms with Gasteiger partial charge < -0.3 is 10.8 Å². The molecule has 0 bridgehead atoms. The third-order valence-electron chi connectivity index (χ3n) is 4.01. The molecule has 2 aromatic heterocycles. The Kier molecular flexibility index (Phi) is 4.05. The number of hydrogen-bond donors (Lipinski definition) is 2. The molecule has 3 aromatic rings. The van der Waals surface area contributed by atoms with Crippen LogP contribution in [0.4, 0.5) is 14.6 Å². The average Bonchev–Trinajstić information content (AvgIpc) is 2.91. The van der Waals surface area contributed by atoms with Crippen LogP contribution in [0.25, 0.3) is 16.9 Å². The van der Waals surface area contributed by atoms with Gasteiger partial charge in [-0.2, -0.15) is 0 Å². The zero-order chi connectivity index (χ0) is 17.6. The topological polar surface area (TPSA) is 76.4 Å². The molecule has 0 fully saturated rings. The van der Waals surface area contributed by atoms with Crippen LogP contribution in [0.2, 0.25) is 0 Å². The van der Waals surface area contributed by atoms with Crippen molar-refractivity contribution in [2.24, 2.45) is 0 Å². The lowest BCUT2D eigenvalue weighted by atomic mass is 9.92. The fraction of sp³-hybridized carbons (Fsp3) is 0.250. The molecule has 0 aliphatic rings. The highest BCUT2D eigenvalue weighted by Crippen LogP contribution is 2.33. The van der Waals surface area contributed by atoms with Gasteiger partial charge >= 0.3 is 0 Å². The molecule has 0 saturated carbocycles. The first kappa shape index (κ1) is 16.8. The first-order valence-electron chi connectivity index (χ1n) is 7.13. The molecule has 1 aromatic carbocycles. The van der Waals surface area contributed by atoms with E-state index in [0.717, 1.165) is 12.5 Å². The molecule has 24 heavy (non-hydrogen) atoms. The highest BCUT2D eigenvalue weighted by Gasteiger charge is 2.34. The summed E-state index contributed by atoms with van der Waals surface area (Å²) in [7, 11) is 0. The number of aliphatic hydroxyl groups is 1. The van der Waals surface area contributed by atoms with Crippen molar-refractivity contribution in [1.29, 1.82) is 0 Å². The quantitative estimate of drug-likeness (QED) is 0.709. The van der Waals surface area contributed by atoms with Crippen molar-refractivity contribution in [3.05, 3.63) is 46.3 Å². The Morgan fingerprint density at radius 1 is 1.38 bits per heavy atom. The Hall–Kier alpha value is -2.06. The second kappa shape index (κ2) is 5.78. The number of anilines is 1. The minimum atomic E-state index is -2.90. The van der Waals surface area contributed by atoms with Crippen LogP contribution in [-0.2, 0) is 5.60 Å². The van der Waals surface area contributed by atoms with E-state index in [-0.39, 0.29) is 11.4 Å². The van der Waals surface area contributed by atoms with Crippen LogP contribution in [0.3, 0.4) is 0 Å². The lowest BCUT2D eigenvalue weighted by molar-refractivity contribution is -0.0883. The molecule has 0 saturated heterocycles. The minimum Gasteiger partial charge on any atom is -0.381 e. The molecule has 0 amide bonds. The van der Waals surface area contributed by atoms with Crippen LogP contribution >= 0.6 is 15.9 Å². The summed E-state index contributed by atoms with van der Waals surface area (Å²) in [5.41, 5.74) is 6.44. The molecule has 0 spiro atoms. The van der Waals surface area contributed by atoms with Crippen LogP contribution in [0.15, 0.2) is 35.2 Å². The number of aryl methyl sites for hydroxylation is 1. The van der Waals surface area contributed by atoms with Crippen molar-refractivity contribution >= 4 is 27.4 Å². The molecule has 3 rings (SSSR count). The maximum absolute atomic E-state index is 13.1. The summed E-state index contributed by atoms with van der Waals surface area (Å²) in [6.07, 6.45) is 0.401. The summed E-state index contributed by atoms with van der Waals surface area (Å²) >= 11 is 3.28. The molecule has 2 heterocycles. The van der Waals surface area contributed by atoms with Gasteiger partial charge in [-0.1, -0.05) is 12.1 Å². The smallest absolute Gasteiger partial charge is 0.270 e. The molecular formula is C16H15BrF2N4O. The van der Waals surface area contributed by atoms with Gasteiger partial charge in [0.25, 0.3) is 6.43 Å². The van der Waals surface area contributed by atoms with Gasteiger partial charge in [-0.3, -0.25) is 4.40 Å². The number of rotatable bonds is 3. The van der Waals surface area contributed by atoms with Crippen LogP contribution in [0.5, 0.6) is 0 Å². The summed E-state index contributed by atoms with van der Waals surface area (Å²) < 4.78 is 28.5. The van der Waals surface area contributed by atoms with Crippen molar-refractivity contribution in [1.82, 2.24) is 14.4 Å². The number of benzene rings is 1. The number of nitrogens with two attached hydrogens (primary N) is 1. The fourth-order valence-corrected chi connectivity index (χ4v) is 2.92. The van der Waals surface area contributed by atoms with Crippen LogP contribution < -0.4 is 5.73 Å². The van der Waals surface area contributed by atoms with Crippen LogP contribution in [0, 0.1) is 6.92 Å². The molecule has 1 atom stereocenters. The SMILES string of the molecule is Cc1ccc(C(C)(O)C(F)F)cc1-c1cnc2c(N)nc(Br)cn12. The molecule has 0 aliphatic carbocycles. The van der Waals surface area contributed by atoms with E-state index in [1.807, 2.05) is 6.92 Å². The van der Waals surface area contributed by atoms with Gasteiger partial charge in [-0.25, -0.2) is 18.7 Å². The molecule has 1 unspecified atom stereocenters. The van der Waals surface area contributed by atoms with Crippen molar-refractivity contribution in [2.75, 3.05) is 5.73 Å². The second-order valence-electron chi connectivity index (χ2n) is 5.76. The standard InChI is InChI=1S/C16H15BrF2N4O/c1-8-3-4-9(16(2,24)15(18)19)5-10(8)11-6-21-14-13(20)22-12(17)7-23(11)14/h3-7,15,24H,1-2H3,(H2,20,22). The highest BCUT2D eigenvalue weighted by molar-refractivity contribution is 9.10. The lowest BCUT2D eigenvalue weighted by Gasteiger charge is -2.23. The number of nitrogens with zero attached hydrogens (tertiary/aromatic N) is 3. The van der Waals surface area contributed by atoms with E-state index in [1.165, 1.54) is 6.07 Å². The summed E-state index contributed by atoms with van der Waals surface area (Å²) in [4.78, 5) is 8.33. The number of aromatic nitrogens is 3. The monoisotopic (exact) mass is 396 g/mol. The predicted molar refractivity (Wildman–Crippen MR) is 90.8 cm³/mol. The normalized spacial score (nSPS) is 14.3. The molecule has 3 N–H and O–H groups in total. The largest absolute Gasteiger partial charge is 0.381 e. The Morgan fingerprint density at radius 2 is 2.08 bits per heavy atom. The van der Waals surface area contributed by atoms with E-state index >= 15 is 0 Å². The molecule has 8 heteroatoms. The van der Waals surface area contributed by atoms with Crippen LogP contribution in [0.1, 0.15) is 18.1 Å². The zero-order valence-electron chi connectivity index (χ0n) is 13.0. The van der Waals surface area contributed by atoms with Crippen molar-refractivity contribution in [3.63, 3.8) is 0 Å². The molecular weight excluding hydrogens is 382 g/mol. The Morgan fingerprint density at radius 3 is 2.75 bits per heavy atom. The maximum atomic E-state index is 13.1. The summed E-state index contributed by atoms with van der Waals surface area (Å²) in [5.74, 6) is 0.254. The van der Waals surface area contributed by atoms with Gasteiger partial charge in [0.05, 0.1) is 11.9 Å². The maximum Gasteiger partial charge on any atom is 0.270 e. The van der Waals surface area contributed by atoms with Gasteiger partial charge in [-0.15, -0.1) is 0 Å². The first-order chi connectivity index (χ1) is 11.2. The molecule has 0 aliphatic heterocycles. The third-order valence-corrected chi connectivity index (χ3v) is 4.39. The van der Waals surface area contributed by atoms with E-state index in [0.29, 0.717) is 21.5 Å². The Labute approximate surface area is 145 Å². The van der Waals surface area contributed by atoms with Gasteiger partial charge in [0.15, 0.2) is 11.5 Å². The molecule has 5 nitrogen and oxygen atoms in total. The first-order valence-corrected chi connectivity index (χ1v) is 7.92. The lowest BCUT2D eigenvalue weighted by Crippen LogP contribution is -2.30. The van der Waals surface area contributed by atoms with Gasteiger partial charge in [-0.05, 0) is 47.0 Å². The average molecular weight is 397 g/mol. The van der Waals surface area contributed by atoms with Crippen molar-refractivity contribution in [3.8, 4) is 11.3 Å². The number of fused-ring (bicyclic) bond motifs is 1. The fourth-order valence-electron chi connectivity index (χ4n) is 2.52. The number of hydrogen-bond acceptors (Lipinski definition) is 4. The Bertz CT molecular complexity index is 924. The second-order valence-corrected chi connectivity index (χ2v) is 6.58. The predicted octanol–water partition coefficient (Wildman–Crippen LogP) is 3.52.